The molecular formula is C25H26N6O4. The fraction of sp³-hybridized carbons (Fsp3) is 0.440. The largest absolute Gasteiger partial charge is 0.350 e. The predicted octanol–water partition coefficient (Wildman–Crippen LogP) is 1.20. The number of piperidine rings is 1. The highest BCUT2D eigenvalue weighted by atomic mass is 16.2. The van der Waals surface area contributed by atoms with E-state index in [9.17, 15) is 19.2 Å². The van der Waals surface area contributed by atoms with E-state index in [4.69, 9.17) is 6.42 Å². The third-order valence-electron chi connectivity index (χ3n) is 7.07. The lowest BCUT2D eigenvalue weighted by Crippen LogP contribution is -2.52. The van der Waals surface area contributed by atoms with Gasteiger partial charge in [0.2, 0.25) is 11.8 Å². The first-order valence-corrected chi connectivity index (χ1v) is 11.9. The fourth-order valence-electron chi connectivity index (χ4n) is 5.13. The second-order valence-electron chi connectivity index (χ2n) is 9.40. The Balaban J connectivity index is 1.25. The molecule has 180 valence electrons. The zero-order chi connectivity index (χ0) is 24.5. The average Bonchev–Trinajstić information content (AvgIpc) is 3.48. The van der Waals surface area contributed by atoms with Crippen molar-refractivity contribution in [2.75, 3.05) is 6.54 Å². The minimum Gasteiger partial charge on any atom is -0.350 e. The summed E-state index contributed by atoms with van der Waals surface area (Å²) in [6, 6.07) is 4.61. The number of rotatable bonds is 5. The number of hydrogen-bond donors (Lipinski definition) is 2. The van der Waals surface area contributed by atoms with Crippen LogP contribution in [0.2, 0.25) is 0 Å². The zero-order valence-electron chi connectivity index (χ0n) is 19.2. The molecule has 4 amide bonds. The van der Waals surface area contributed by atoms with Crippen LogP contribution in [0.1, 0.15) is 64.9 Å². The van der Waals surface area contributed by atoms with Crippen LogP contribution in [0, 0.1) is 24.2 Å². The van der Waals surface area contributed by atoms with Gasteiger partial charge in [-0.05, 0) is 49.3 Å². The number of nitrogens with zero attached hydrogens (tertiary/aromatic N) is 4. The standard InChI is InChI=1S/C25H26N6O4/c1-2-15-4-3-5-16(10-15)12-26-23(33)20-14-31(29-28-20)18-7-6-17-13-30(25(35)19(17)11-18)21-8-9-22(32)27-24(21)34/h1,6-7,11,14-16,21H,3-5,8-10,12-13H2,(H,26,33)(H,27,32,34)/t15-,16+,21?/m0/s1. The topological polar surface area (TPSA) is 126 Å². The number of nitrogens with one attached hydrogen (secondary N) is 2. The van der Waals surface area contributed by atoms with Crippen molar-refractivity contribution in [1.82, 2.24) is 30.5 Å². The highest BCUT2D eigenvalue weighted by Crippen LogP contribution is 2.29. The van der Waals surface area contributed by atoms with Crippen molar-refractivity contribution in [1.29, 1.82) is 0 Å². The number of benzene rings is 1. The summed E-state index contributed by atoms with van der Waals surface area (Å²) in [7, 11) is 0. The summed E-state index contributed by atoms with van der Waals surface area (Å²) >= 11 is 0. The summed E-state index contributed by atoms with van der Waals surface area (Å²) in [4.78, 5) is 50.8. The van der Waals surface area contributed by atoms with Crippen LogP contribution in [-0.4, -0.2) is 56.1 Å². The molecule has 3 heterocycles. The molecule has 10 heteroatoms. The molecule has 1 aromatic heterocycles. The summed E-state index contributed by atoms with van der Waals surface area (Å²) < 4.78 is 1.45. The minimum absolute atomic E-state index is 0.186. The molecule has 3 atom stereocenters. The molecule has 1 unspecified atom stereocenters. The third-order valence-corrected chi connectivity index (χ3v) is 7.07. The van der Waals surface area contributed by atoms with E-state index in [0.29, 0.717) is 36.7 Å². The lowest BCUT2D eigenvalue weighted by Gasteiger charge is -2.29. The Morgan fingerprint density at radius 2 is 2.09 bits per heavy atom. The highest BCUT2D eigenvalue weighted by Gasteiger charge is 2.39. The lowest BCUT2D eigenvalue weighted by molar-refractivity contribution is -0.136. The predicted molar refractivity (Wildman–Crippen MR) is 124 cm³/mol. The van der Waals surface area contributed by atoms with Crippen LogP contribution in [-0.2, 0) is 16.1 Å². The van der Waals surface area contributed by atoms with E-state index in [1.807, 2.05) is 0 Å². The number of fused-ring (bicyclic) bond motifs is 1. The molecule has 2 aliphatic heterocycles. The van der Waals surface area contributed by atoms with Crippen LogP contribution in [0.3, 0.4) is 0 Å². The Labute approximate surface area is 202 Å². The average molecular weight is 475 g/mol. The molecule has 1 aliphatic carbocycles. The molecule has 35 heavy (non-hydrogen) atoms. The molecule has 1 aromatic carbocycles. The maximum atomic E-state index is 13.0. The van der Waals surface area contributed by atoms with Crippen molar-refractivity contribution < 1.29 is 19.2 Å². The molecule has 1 saturated heterocycles. The van der Waals surface area contributed by atoms with Gasteiger partial charge in [-0.25, -0.2) is 4.68 Å². The van der Waals surface area contributed by atoms with Gasteiger partial charge < -0.3 is 10.2 Å². The first kappa shape index (κ1) is 22.8. The summed E-state index contributed by atoms with van der Waals surface area (Å²) in [5.74, 6) is 2.12. The monoisotopic (exact) mass is 474 g/mol. The minimum atomic E-state index is -0.669. The first-order chi connectivity index (χ1) is 16.9. The Morgan fingerprint density at radius 1 is 1.23 bits per heavy atom. The number of hydrogen-bond acceptors (Lipinski definition) is 6. The van der Waals surface area contributed by atoms with E-state index in [2.05, 4.69) is 26.9 Å². The Morgan fingerprint density at radius 3 is 2.89 bits per heavy atom. The molecule has 3 aliphatic rings. The van der Waals surface area contributed by atoms with Crippen molar-refractivity contribution >= 4 is 23.6 Å². The van der Waals surface area contributed by atoms with Crippen molar-refractivity contribution in [3.8, 4) is 18.0 Å². The molecule has 2 N–H and O–H groups in total. The van der Waals surface area contributed by atoms with E-state index in [1.54, 1.807) is 18.2 Å². The van der Waals surface area contributed by atoms with Gasteiger partial charge in [0, 0.05) is 31.0 Å². The summed E-state index contributed by atoms with van der Waals surface area (Å²) in [5.41, 5.74) is 2.03. The number of carbonyl (C=O) groups excluding carboxylic acids is 4. The SMILES string of the molecule is C#C[C@H]1CCC[C@@H](CNC(=O)c2cn(-c3ccc4c(c3)C(=O)N(C3CCC(=O)NC3=O)C4)nn2)C1. The third kappa shape index (κ3) is 4.54. The molecule has 1 saturated carbocycles. The summed E-state index contributed by atoms with van der Waals surface area (Å²) in [6.45, 7) is 0.848. The molecule has 0 bridgehead atoms. The van der Waals surface area contributed by atoms with E-state index in [1.165, 1.54) is 15.8 Å². The second-order valence-corrected chi connectivity index (χ2v) is 9.40. The van der Waals surface area contributed by atoms with E-state index < -0.39 is 11.9 Å². The first-order valence-electron chi connectivity index (χ1n) is 11.9. The van der Waals surface area contributed by atoms with Crippen molar-refractivity contribution in [3.63, 3.8) is 0 Å². The normalized spacial score (nSPS) is 24.0. The Kier molecular flexibility index (Phi) is 6.07. The van der Waals surface area contributed by atoms with Crippen molar-refractivity contribution in [2.45, 2.75) is 51.1 Å². The zero-order valence-corrected chi connectivity index (χ0v) is 19.2. The van der Waals surface area contributed by atoms with E-state index >= 15 is 0 Å². The number of carbonyl (C=O) groups is 4. The van der Waals surface area contributed by atoms with Crippen LogP contribution in [0.15, 0.2) is 24.4 Å². The van der Waals surface area contributed by atoms with Gasteiger partial charge in [0.25, 0.3) is 11.8 Å². The van der Waals surface area contributed by atoms with Gasteiger partial charge in [0.1, 0.15) is 6.04 Å². The molecular weight excluding hydrogens is 448 g/mol. The number of imide groups is 1. The van der Waals surface area contributed by atoms with Crippen molar-refractivity contribution in [3.05, 3.63) is 41.2 Å². The van der Waals surface area contributed by atoms with Gasteiger partial charge in [-0.3, -0.25) is 24.5 Å². The smallest absolute Gasteiger partial charge is 0.273 e. The molecule has 0 spiro atoms. The van der Waals surface area contributed by atoms with Gasteiger partial charge >= 0.3 is 0 Å². The van der Waals surface area contributed by atoms with Gasteiger partial charge in [-0.2, -0.15) is 0 Å². The van der Waals surface area contributed by atoms with Crippen molar-refractivity contribution in [2.24, 2.45) is 11.8 Å². The number of aromatic nitrogens is 3. The fourth-order valence-corrected chi connectivity index (χ4v) is 5.13. The van der Waals surface area contributed by atoms with E-state index in [-0.39, 0.29) is 35.8 Å². The Hall–Kier alpha value is -4.00. The maximum absolute atomic E-state index is 13.0. The Bertz CT molecular complexity index is 1240. The summed E-state index contributed by atoms with van der Waals surface area (Å²) in [6.07, 6.45) is 11.7. The number of amides is 4. The van der Waals surface area contributed by atoms with Crippen LogP contribution in [0.5, 0.6) is 0 Å². The van der Waals surface area contributed by atoms with Gasteiger partial charge in [0.05, 0.1) is 11.9 Å². The maximum Gasteiger partial charge on any atom is 0.273 e. The molecule has 2 fully saturated rings. The molecule has 0 radical (unpaired) electrons. The summed E-state index contributed by atoms with van der Waals surface area (Å²) in [5, 5.41) is 13.3. The van der Waals surface area contributed by atoms with Crippen LogP contribution in [0.4, 0.5) is 0 Å². The highest BCUT2D eigenvalue weighted by molar-refractivity contribution is 6.05. The molecule has 2 aromatic rings. The molecule has 10 nitrogen and oxygen atoms in total. The second kappa shape index (κ2) is 9.33. The van der Waals surface area contributed by atoms with E-state index in [0.717, 1.165) is 31.2 Å². The van der Waals surface area contributed by atoms with Gasteiger partial charge in [-0.15, -0.1) is 17.4 Å². The lowest BCUT2D eigenvalue weighted by atomic mass is 9.82. The van der Waals surface area contributed by atoms with Gasteiger partial charge in [0.15, 0.2) is 5.69 Å². The van der Waals surface area contributed by atoms with Gasteiger partial charge in [-0.1, -0.05) is 17.7 Å². The number of terminal acetylenes is 1. The van der Waals surface area contributed by atoms with Crippen LogP contribution in [0.25, 0.3) is 5.69 Å². The van der Waals surface area contributed by atoms with Crippen LogP contribution < -0.4 is 10.6 Å². The van der Waals surface area contributed by atoms with Crippen LogP contribution >= 0.6 is 0 Å². The quantitative estimate of drug-likeness (QED) is 0.495. The molecule has 5 rings (SSSR count).